The van der Waals surface area contributed by atoms with Gasteiger partial charge in [0.2, 0.25) is 0 Å². The third kappa shape index (κ3) is 5.03. The van der Waals surface area contributed by atoms with Crippen LogP contribution in [0.4, 0.5) is 15.8 Å². The fourth-order valence-electron chi connectivity index (χ4n) is 2.73. The van der Waals surface area contributed by atoms with Crippen LogP contribution in [0.25, 0.3) is 5.57 Å². The van der Waals surface area contributed by atoms with Crippen molar-refractivity contribution in [3.8, 4) is 0 Å². The number of carbonyl (C=O) groups is 1. The van der Waals surface area contributed by atoms with Gasteiger partial charge in [0.05, 0.1) is 6.54 Å². The summed E-state index contributed by atoms with van der Waals surface area (Å²) in [4.78, 5) is 15.3. The van der Waals surface area contributed by atoms with Crippen LogP contribution in [-0.2, 0) is 0 Å². The zero-order chi connectivity index (χ0) is 20.0. The second-order valence-corrected chi connectivity index (χ2v) is 6.57. The van der Waals surface area contributed by atoms with Crippen LogP contribution in [0.3, 0.4) is 0 Å². The quantitative estimate of drug-likeness (QED) is 0.520. The SMILES string of the molecule is CNc1ccc(/C(C)=C/N=C(\C)CNc2ccc(C=O)c(C)c2)c(F)c1C. The summed E-state index contributed by atoms with van der Waals surface area (Å²) >= 11 is 0. The van der Waals surface area contributed by atoms with Crippen molar-refractivity contribution in [1.29, 1.82) is 0 Å². The normalized spacial score (nSPS) is 12.1. The molecule has 0 heterocycles. The zero-order valence-electron chi connectivity index (χ0n) is 16.5. The van der Waals surface area contributed by atoms with Crippen molar-refractivity contribution in [3.63, 3.8) is 0 Å². The van der Waals surface area contributed by atoms with Crippen LogP contribution >= 0.6 is 0 Å². The molecule has 2 aromatic rings. The van der Waals surface area contributed by atoms with E-state index in [2.05, 4.69) is 15.6 Å². The molecule has 0 aliphatic carbocycles. The summed E-state index contributed by atoms with van der Waals surface area (Å²) in [6.07, 6.45) is 2.54. The number of hydrogen-bond donors (Lipinski definition) is 2. The summed E-state index contributed by atoms with van der Waals surface area (Å²) in [7, 11) is 1.78. The Balaban J connectivity index is 2.08. The Labute approximate surface area is 160 Å². The third-order valence-corrected chi connectivity index (χ3v) is 4.50. The second kappa shape index (κ2) is 9.12. The Morgan fingerprint density at radius 3 is 2.56 bits per heavy atom. The Morgan fingerprint density at radius 1 is 1.19 bits per heavy atom. The summed E-state index contributed by atoms with van der Waals surface area (Å²) in [5.41, 5.74) is 6.11. The summed E-state index contributed by atoms with van der Waals surface area (Å²) in [5, 5.41) is 6.26. The lowest BCUT2D eigenvalue weighted by Gasteiger charge is -2.11. The fourth-order valence-corrected chi connectivity index (χ4v) is 2.73. The molecule has 142 valence electrons. The minimum absolute atomic E-state index is 0.229. The maximum atomic E-state index is 14.5. The first kappa shape index (κ1) is 20.4. The number of nitrogens with one attached hydrogen (secondary N) is 2. The van der Waals surface area contributed by atoms with Crippen molar-refractivity contribution in [2.24, 2.45) is 4.99 Å². The largest absolute Gasteiger partial charge is 0.388 e. The van der Waals surface area contributed by atoms with Gasteiger partial charge in [0.1, 0.15) is 12.1 Å². The van der Waals surface area contributed by atoms with Crippen LogP contribution in [0, 0.1) is 19.7 Å². The predicted octanol–water partition coefficient (Wildman–Crippen LogP) is 5.23. The first-order chi connectivity index (χ1) is 12.9. The number of rotatable bonds is 7. The van der Waals surface area contributed by atoms with E-state index in [-0.39, 0.29) is 5.82 Å². The molecule has 0 radical (unpaired) electrons. The number of aldehydes is 1. The van der Waals surface area contributed by atoms with E-state index in [0.29, 0.717) is 23.2 Å². The van der Waals surface area contributed by atoms with Gasteiger partial charge in [0.25, 0.3) is 0 Å². The van der Waals surface area contributed by atoms with Crippen LogP contribution < -0.4 is 10.6 Å². The van der Waals surface area contributed by atoms with Gasteiger partial charge in [0.15, 0.2) is 0 Å². The fraction of sp³-hybridized carbons (Fsp3) is 0.273. The number of allylic oxidation sites excluding steroid dienone is 1. The number of anilines is 2. The predicted molar refractivity (Wildman–Crippen MR) is 112 cm³/mol. The van der Waals surface area contributed by atoms with Crippen molar-refractivity contribution < 1.29 is 9.18 Å². The van der Waals surface area contributed by atoms with E-state index in [1.165, 1.54) is 0 Å². The molecule has 0 spiro atoms. The highest BCUT2D eigenvalue weighted by Crippen LogP contribution is 2.26. The molecule has 0 saturated carbocycles. The minimum Gasteiger partial charge on any atom is -0.388 e. The first-order valence-corrected chi connectivity index (χ1v) is 8.84. The number of benzene rings is 2. The summed E-state index contributed by atoms with van der Waals surface area (Å²) < 4.78 is 14.5. The van der Waals surface area contributed by atoms with Gasteiger partial charge in [-0.15, -0.1) is 0 Å². The van der Waals surface area contributed by atoms with Gasteiger partial charge >= 0.3 is 0 Å². The number of aryl methyl sites for hydroxylation is 1. The zero-order valence-corrected chi connectivity index (χ0v) is 16.5. The Bertz CT molecular complexity index is 901. The van der Waals surface area contributed by atoms with Crippen molar-refractivity contribution >= 4 is 28.9 Å². The highest BCUT2D eigenvalue weighted by atomic mass is 19.1. The Hall–Kier alpha value is -2.95. The number of carbonyl (C=O) groups excluding carboxylic acids is 1. The molecule has 0 fully saturated rings. The molecule has 0 saturated heterocycles. The van der Waals surface area contributed by atoms with E-state index in [9.17, 15) is 9.18 Å². The molecule has 0 amide bonds. The number of aliphatic imine (C=N–C) groups is 1. The van der Waals surface area contributed by atoms with Crippen molar-refractivity contribution in [1.82, 2.24) is 0 Å². The maximum Gasteiger partial charge on any atom is 0.150 e. The molecular formula is C22H26FN3O. The van der Waals surface area contributed by atoms with Gasteiger partial charge in [-0.25, -0.2) is 4.39 Å². The third-order valence-electron chi connectivity index (χ3n) is 4.50. The molecule has 2 N–H and O–H groups in total. The number of hydrogen-bond acceptors (Lipinski definition) is 4. The molecule has 0 bridgehead atoms. The van der Waals surface area contributed by atoms with Crippen LogP contribution in [0.5, 0.6) is 0 Å². The monoisotopic (exact) mass is 367 g/mol. The van der Waals surface area contributed by atoms with E-state index in [0.717, 1.165) is 34.5 Å². The highest BCUT2D eigenvalue weighted by Gasteiger charge is 2.10. The molecule has 5 heteroatoms. The summed E-state index contributed by atoms with van der Waals surface area (Å²) in [6, 6.07) is 9.22. The average Bonchev–Trinajstić information content (AvgIpc) is 2.66. The van der Waals surface area contributed by atoms with E-state index in [4.69, 9.17) is 0 Å². The molecule has 27 heavy (non-hydrogen) atoms. The van der Waals surface area contributed by atoms with E-state index in [1.807, 2.05) is 39.0 Å². The highest BCUT2D eigenvalue weighted by molar-refractivity contribution is 5.87. The molecule has 2 rings (SSSR count). The van der Waals surface area contributed by atoms with Gasteiger partial charge in [0, 0.05) is 47.0 Å². The molecule has 0 atom stereocenters. The van der Waals surface area contributed by atoms with Crippen LogP contribution in [0.2, 0.25) is 0 Å². The van der Waals surface area contributed by atoms with Gasteiger partial charge in [-0.1, -0.05) is 0 Å². The molecule has 2 aromatic carbocycles. The molecule has 4 nitrogen and oxygen atoms in total. The standard InChI is InChI=1S/C22H26FN3O/c1-14-10-19(7-6-18(14)13-27)26-12-16(3)25-11-15(2)20-8-9-21(24-5)17(4)22(20)23/h6-11,13,24,26H,12H2,1-5H3/b15-11+,25-16+. The second-order valence-electron chi connectivity index (χ2n) is 6.57. The minimum atomic E-state index is -0.229. The van der Waals surface area contributed by atoms with Crippen molar-refractivity contribution in [2.75, 3.05) is 24.2 Å². The number of halogens is 1. The molecule has 0 aliphatic heterocycles. The van der Waals surface area contributed by atoms with E-state index >= 15 is 0 Å². The Kier molecular flexibility index (Phi) is 6.88. The van der Waals surface area contributed by atoms with Crippen LogP contribution in [-0.4, -0.2) is 25.6 Å². The van der Waals surface area contributed by atoms with Crippen molar-refractivity contribution in [2.45, 2.75) is 27.7 Å². The van der Waals surface area contributed by atoms with Gasteiger partial charge in [-0.2, -0.15) is 0 Å². The van der Waals surface area contributed by atoms with E-state index in [1.54, 1.807) is 32.3 Å². The first-order valence-electron chi connectivity index (χ1n) is 8.84. The maximum absolute atomic E-state index is 14.5. The topological polar surface area (TPSA) is 53.5 Å². The van der Waals surface area contributed by atoms with Gasteiger partial charge < -0.3 is 10.6 Å². The molecular weight excluding hydrogens is 341 g/mol. The summed E-state index contributed by atoms with van der Waals surface area (Å²) in [6.45, 7) is 7.98. The summed E-state index contributed by atoms with van der Waals surface area (Å²) in [5.74, 6) is -0.229. The lowest BCUT2D eigenvalue weighted by atomic mass is 10.0. The molecule has 0 aromatic heterocycles. The van der Waals surface area contributed by atoms with Gasteiger partial charge in [-0.05, 0) is 69.2 Å². The molecule has 0 aliphatic rings. The van der Waals surface area contributed by atoms with Crippen LogP contribution in [0.1, 0.15) is 40.9 Å². The lowest BCUT2D eigenvalue weighted by Crippen LogP contribution is -2.10. The number of nitrogens with zero attached hydrogens (tertiary/aromatic N) is 1. The lowest BCUT2D eigenvalue weighted by molar-refractivity contribution is 0.112. The van der Waals surface area contributed by atoms with Crippen molar-refractivity contribution in [3.05, 3.63) is 64.6 Å². The average molecular weight is 367 g/mol. The Morgan fingerprint density at radius 2 is 1.93 bits per heavy atom. The van der Waals surface area contributed by atoms with E-state index < -0.39 is 0 Å². The smallest absolute Gasteiger partial charge is 0.150 e. The van der Waals surface area contributed by atoms with Crippen LogP contribution in [0.15, 0.2) is 41.5 Å². The van der Waals surface area contributed by atoms with Gasteiger partial charge in [-0.3, -0.25) is 9.79 Å². The molecule has 0 unspecified atom stereocenters.